The number of benzene rings is 1. The normalized spacial score (nSPS) is 25.8. The molecule has 2 heterocycles. The Morgan fingerprint density at radius 1 is 1.08 bits per heavy atom. The van der Waals surface area contributed by atoms with E-state index in [1.807, 2.05) is 28.4 Å². The first-order valence-corrected chi connectivity index (χ1v) is 15.0. The van der Waals surface area contributed by atoms with Crippen LogP contribution < -0.4 is 15.8 Å². The van der Waals surface area contributed by atoms with Gasteiger partial charge < -0.3 is 20.7 Å². The summed E-state index contributed by atoms with van der Waals surface area (Å²) in [4.78, 5) is 34.0. The van der Waals surface area contributed by atoms with Crippen LogP contribution in [-0.4, -0.2) is 59.4 Å². The number of amides is 2. The third-order valence-electron chi connectivity index (χ3n) is 8.40. The van der Waals surface area contributed by atoms with Crippen molar-refractivity contribution in [2.45, 2.75) is 95.5 Å². The Morgan fingerprint density at radius 2 is 1.87 bits per heavy atom. The lowest BCUT2D eigenvalue weighted by atomic mass is 9.90. The lowest BCUT2D eigenvalue weighted by molar-refractivity contribution is -0.145. The predicted octanol–water partition coefficient (Wildman–Crippen LogP) is 4.22. The molecule has 2 amide bonds. The molecule has 1 aromatic carbocycles. The van der Waals surface area contributed by atoms with E-state index in [0.29, 0.717) is 13.0 Å². The number of aryl methyl sites for hydroxylation is 1. The minimum Gasteiger partial charge on any atom is -0.497 e. The number of nitrogens with zero attached hydrogens (tertiary/aromatic N) is 2. The third kappa shape index (κ3) is 6.77. The summed E-state index contributed by atoms with van der Waals surface area (Å²) in [6.07, 6.45) is 7.15. The summed E-state index contributed by atoms with van der Waals surface area (Å²) in [5.41, 5.74) is 7.28. The van der Waals surface area contributed by atoms with Gasteiger partial charge in [0.05, 0.1) is 7.11 Å². The average molecular weight is 539 g/mol. The molecule has 8 heteroatoms. The van der Waals surface area contributed by atoms with Gasteiger partial charge in [0.1, 0.15) is 11.8 Å². The van der Waals surface area contributed by atoms with Crippen molar-refractivity contribution in [2.24, 2.45) is 11.7 Å². The zero-order chi connectivity index (χ0) is 26.6. The molecule has 38 heavy (non-hydrogen) atoms. The zero-order valence-corrected chi connectivity index (χ0v) is 23.6. The monoisotopic (exact) mass is 538 g/mol. The van der Waals surface area contributed by atoms with Crippen LogP contribution >= 0.6 is 11.3 Å². The number of piperidine rings is 1. The van der Waals surface area contributed by atoms with Crippen LogP contribution in [0, 0.1) is 12.8 Å². The van der Waals surface area contributed by atoms with Crippen LogP contribution in [0.25, 0.3) is 0 Å². The van der Waals surface area contributed by atoms with Crippen molar-refractivity contribution in [3.05, 3.63) is 51.7 Å². The molecule has 3 N–H and O–H groups in total. The second kappa shape index (κ2) is 12.2. The molecule has 0 bridgehead atoms. The van der Waals surface area contributed by atoms with E-state index in [0.717, 1.165) is 63.8 Å². The van der Waals surface area contributed by atoms with Crippen molar-refractivity contribution in [3.8, 4) is 5.75 Å². The quantitative estimate of drug-likeness (QED) is 0.499. The Bertz CT molecular complexity index is 1110. The van der Waals surface area contributed by atoms with Crippen LogP contribution in [0.15, 0.2) is 36.4 Å². The van der Waals surface area contributed by atoms with Gasteiger partial charge in [-0.25, -0.2) is 0 Å². The summed E-state index contributed by atoms with van der Waals surface area (Å²) in [5, 5.41) is 3.31. The first-order valence-electron chi connectivity index (χ1n) is 14.2. The van der Waals surface area contributed by atoms with E-state index in [9.17, 15) is 9.59 Å². The smallest absolute Gasteiger partial charge is 0.243 e. The molecule has 2 saturated carbocycles. The van der Waals surface area contributed by atoms with E-state index in [1.54, 1.807) is 7.11 Å². The number of carbonyl (C=O) groups is 2. The Morgan fingerprint density at radius 3 is 2.55 bits per heavy atom. The largest absolute Gasteiger partial charge is 0.497 e. The average Bonchev–Trinajstić information content (AvgIpc) is 3.70. The van der Waals surface area contributed by atoms with E-state index < -0.39 is 6.04 Å². The van der Waals surface area contributed by atoms with Crippen molar-refractivity contribution >= 4 is 23.2 Å². The minimum atomic E-state index is -0.421. The summed E-state index contributed by atoms with van der Waals surface area (Å²) in [5.74, 6) is 1.14. The number of likely N-dealkylation sites (tertiary alicyclic amines) is 1. The van der Waals surface area contributed by atoms with E-state index in [4.69, 9.17) is 10.5 Å². The fourth-order valence-electron chi connectivity index (χ4n) is 6.01. The highest BCUT2D eigenvalue weighted by molar-refractivity contribution is 7.11. The Kier molecular flexibility index (Phi) is 8.71. The van der Waals surface area contributed by atoms with Crippen LogP contribution in [-0.2, 0) is 22.7 Å². The highest BCUT2D eigenvalue weighted by Gasteiger charge is 2.43. The van der Waals surface area contributed by atoms with Crippen molar-refractivity contribution in [3.63, 3.8) is 0 Å². The molecule has 5 rings (SSSR count). The number of thiophene rings is 1. The number of ether oxygens (including phenoxy) is 1. The first-order chi connectivity index (χ1) is 18.4. The fourth-order valence-corrected chi connectivity index (χ4v) is 6.92. The maximum absolute atomic E-state index is 13.7. The van der Waals surface area contributed by atoms with E-state index >= 15 is 0 Å². The molecule has 1 unspecified atom stereocenters. The molecule has 3 fully saturated rings. The van der Waals surface area contributed by atoms with Crippen LogP contribution in [0.5, 0.6) is 5.75 Å². The fraction of sp³-hybridized carbons (Fsp3) is 0.600. The van der Waals surface area contributed by atoms with Crippen LogP contribution in [0.4, 0.5) is 0 Å². The number of nitrogens with one attached hydrogen (secondary N) is 1. The van der Waals surface area contributed by atoms with Crippen molar-refractivity contribution in [2.75, 3.05) is 13.7 Å². The van der Waals surface area contributed by atoms with Gasteiger partial charge >= 0.3 is 0 Å². The standard InChI is InChI=1S/C30H42N4O3S/c1-20-6-13-27(38-20)19-33(18-21-4-3-5-26(16-21)37-2)25-14-15-34(30(36)22-7-8-22)28(17-25)29(35)32-24-11-9-23(31)10-12-24/h3-6,13,16,22-25,28H,7-12,14-15,17-19,31H2,1-2H3,(H,32,35)/t23?,24?,25?,28-/m1/s1. The molecule has 1 aromatic heterocycles. The molecule has 1 aliphatic heterocycles. The van der Waals surface area contributed by atoms with Gasteiger partial charge in [0.15, 0.2) is 0 Å². The number of nitrogens with two attached hydrogens (primary N) is 1. The molecular formula is C30H42N4O3S. The van der Waals surface area contributed by atoms with Crippen molar-refractivity contribution in [1.29, 1.82) is 0 Å². The summed E-state index contributed by atoms with van der Waals surface area (Å²) in [7, 11) is 1.70. The summed E-state index contributed by atoms with van der Waals surface area (Å²) in [6, 6.07) is 12.8. The van der Waals surface area contributed by atoms with Crippen molar-refractivity contribution < 1.29 is 14.3 Å². The molecule has 2 atom stereocenters. The molecule has 2 aromatic rings. The Labute approximate surface area is 230 Å². The van der Waals surface area contributed by atoms with Gasteiger partial charge in [-0.05, 0) is 88.1 Å². The van der Waals surface area contributed by atoms with Gasteiger partial charge in [-0.2, -0.15) is 0 Å². The molecule has 206 valence electrons. The molecule has 1 saturated heterocycles. The van der Waals surface area contributed by atoms with Crippen LogP contribution in [0.2, 0.25) is 0 Å². The van der Waals surface area contributed by atoms with Gasteiger partial charge in [0.25, 0.3) is 0 Å². The second-order valence-corrected chi connectivity index (χ2v) is 12.8. The van der Waals surface area contributed by atoms with E-state index in [2.05, 4.69) is 41.4 Å². The second-order valence-electron chi connectivity index (χ2n) is 11.4. The predicted molar refractivity (Wildman–Crippen MR) is 151 cm³/mol. The first kappa shape index (κ1) is 27.2. The number of hydrogen-bond donors (Lipinski definition) is 2. The zero-order valence-electron chi connectivity index (χ0n) is 22.7. The summed E-state index contributed by atoms with van der Waals surface area (Å²) >= 11 is 1.83. The molecule has 0 spiro atoms. The highest BCUT2D eigenvalue weighted by atomic mass is 32.1. The van der Waals surface area contributed by atoms with Gasteiger partial charge in [-0.3, -0.25) is 14.5 Å². The van der Waals surface area contributed by atoms with E-state index in [-0.39, 0.29) is 35.9 Å². The summed E-state index contributed by atoms with van der Waals surface area (Å²) < 4.78 is 5.48. The minimum absolute atomic E-state index is 0.0115. The van der Waals surface area contributed by atoms with Crippen LogP contribution in [0.1, 0.15) is 66.7 Å². The maximum atomic E-state index is 13.7. The van der Waals surface area contributed by atoms with Gasteiger partial charge in [0, 0.05) is 53.4 Å². The van der Waals surface area contributed by atoms with Crippen LogP contribution in [0.3, 0.4) is 0 Å². The molecule has 2 aliphatic carbocycles. The Hall–Kier alpha value is -2.42. The molecule has 0 radical (unpaired) electrons. The lowest BCUT2D eigenvalue weighted by Crippen LogP contribution is -2.58. The number of rotatable bonds is 9. The van der Waals surface area contributed by atoms with Crippen molar-refractivity contribution in [1.82, 2.24) is 15.1 Å². The molecule has 7 nitrogen and oxygen atoms in total. The Balaban J connectivity index is 1.35. The van der Waals surface area contributed by atoms with Gasteiger partial charge in [-0.15, -0.1) is 11.3 Å². The maximum Gasteiger partial charge on any atom is 0.243 e. The van der Waals surface area contributed by atoms with Gasteiger partial charge in [0.2, 0.25) is 11.8 Å². The lowest BCUT2D eigenvalue weighted by Gasteiger charge is -2.43. The number of carbonyl (C=O) groups excluding carboxylic acids is 2. The third-order valence-corrected chi connectivity index (χ3v) is 9.38. The topological polar surface area (TPSA) is 87.9 Å². The molecular weight excluding hydrogens is 496 g/mol. The molecule has 3 aliphatic rings. The number of hydrogen-bond acceptors (Lipinski definition) is 6. The highest BCUT2D eigenvalue weighted by Crippen LogP contribution is 2.35. The number of methoxy groups -OCH3 is 1. The van der Waals surface area contributed by atoms with Gasteiger partial charge in [-0.1, -0.05) is 12.1 Å². The SMILES string of the molecule is COc1cccc(CN(Cc2ccc(C)s2)C2CCN(C(=O)C3CC3)[C@@H](C(=O)NC3CCC(N)CC3)C2)c1. The summed E-state index contributed by atoms with van der Waals surface area (Å²) in [6.45, 7) is 4.36. The van der Waals surface area contributed by atoms with E-state index in [1.165, 1.54) is 15.3 Å².